The molecule has 2 rings (SSSR count). The maximum Gasteiger partial charge on any atom is 0.416 e. The van der Waals surface area contributed by atoms with Gasteiger partial charge >= 0.3 is 17.4 Å². The number of benzene rings is 1. The number of nitrogens with two attached hydrogens (primary N) is 1. The maximum absolute atomic E-state index is 12.9. The van der Waals surface area contributed by atoms with E-state index in [0.29, 0.717) is 0 Å². The summed E-state index contributed by atoms with van der Waals surface area (Å²) in [6.07, 6.45) is -4.66. The normalized spacial score (nSPS) is 14.2. The number of nitrogens with zero attached hydrogens (tertiary/aromatic N) is 2. The van der Waals surface area contributed by atoms with Gasteiger partial charge in [0.1, 0.15) is 0 Å². The summed E-state index contributed by atoms with van der Waals surface area (Å²) in [5, 5.41) is -0.783. The molecule has 10 heteroatoms. The Morgan fingerprint density at radius 3 is 2.29 bits per heavy atom. The molecular formula is C11H7ClF5N3O. The van der Waals surface area contributed by atoms with Gasteiger partial charge in [-0.3, -0.25) is 0 Å². The summed E-state index contributed by atoms with van der Waals surface area (Å²) in [5.41, 5.74) is 4.22. The van der Waals surface area contributed by atoms with E-state index in [2.05, 4.69) is 26.3 Å². The number of hydrogen-bond donors (Lipinski definition) is 1. The van der Waals surface area contributed by atoms with E-state index in [1.165, 1.54) is 12.1 Å². The molecule has 114 valence electrons. The van der Waals surface area contributed by atoms with Crippen molar-refractivity contribution < 1.29 is 26.5 Å². The number of rotatable bonds is 3. The van der Waals surface area contributed by atoms with Crippen molar-refractivity contribution in [1.29, 1.82) is 0 Å². The zero-order chi connectivity index (χ0) is 15.8. The summed E-state index contributed by atoms with van der Waals surface area (Å²) in [5.74, 6) is -1.76. The molecule has 4 nitrogen and oxygen atoms in total. The van der Waals surface area contributed by atoms with E-state index >= 15 is 0 Å². The Hall–Kier alpha value is -1.74. The smallest absolute Gasteiger partial charge is 0.331 e. The SMILES string of the molecule is NC(c1noc(C(F)(F)Cl)n1)c1ccccc1C(F)(F)F. The standard InChI is InChI=1S/C11H7ClF5N3O/c12-10(13,14)9-19-8(20-21-9)7(18)5-3-1-2-4-6(5)11(15,16)17/h1-4,7H,18H2. The van der Waals surface area contributed by atoms with E-state index in [1.807, 2.05) is 0 Å². The lowest BCUT2D eigenvalue weighted by Gasteiger charge is -2.15. The van der Waals surface area contributed by atoms with Gasteiger partial charge in [-0.1, -0.05) is 23.4 Å². The van der Waals surface area contributed by atoms with Crippen molar-refractivity contribution in [3.8, 4) is 0 Å². The first-order valence-corrected chi connectivity index (χ1v) is 5.81. The van der Waals surface area contributed by atoms with Gasteiger partial charge in [0.15, 0.2) is 5.82 Å². The van der Waals surface area contributed by atoms with Crippen LogP contribution >= 0.6 is 11.6 Å². The van der Waals surface area contributed by atoms with Crippen LogP contribution in [0.4, 0.5) is 22.0 Å². The van der Waals surface area contributed by atoms with Crippen molar-refractivity contribution >= 4 is 11.6 Å². The Balaban J connectivity index is 2.42. The second kappa shape index (κ2) is 5.23. The Morgan fingerprint density at radius 1 is 1.14 bits per heavy atom. The summed E-state index contributed by atoms with van der Waals surface area (Å²) in [6.45, 7) is 0. The molecule has 1 unspecified atom stereocenters. The van der Waals surface area contributed by atoms with Gasteiger partial charge in [-0.2, -0.15) is 26.9 Å². The molecule has 0 aliphatic rings. The molecule has 21 heavy (non-hydrogen) atoms. The second-order valence-electron chi connectivity index (χ2n) is 4.02. The topological polar surface area (TPSA) is 64.9 Å². The lowest BCUT2D eigenvalue weighted by Crippen LogP contribution is -2.19. The Kier molecular flexibility index (Phi) is 3.89. The maximum atomic E-state index is 12.9. The van der Waals surface area contributed by atoms with E-state index in [-0.39, 0.29) is 5.56 Å². The Labute approximate surface area is 119 Å². The minimum absolute atomic E-state index is 0.366. The van der Waals surface area contributed by atoms with Gasteiger partial charge in [-0.15, -0.1) is 0 Å². The van der Waals surface area contributed by atoms with Crippen LogP contribution in [0.2, 0.25) is 0 Å². The second-order valence-corrected chi connectivity index (χ2v) is 4.49. The Morgan fingerprint density at radius 2 is 1.76 bits per heavy atom. The Bertz CT molecular complexity index is 637. The van der Waals surface area contributed by atoms with Crippen LogP contribution in [0, 0.1) is 0 Å². The van der Waals surface area contributed by atoms with Gasteiger partial charge in [0.25, 0.3) is 0 Å². The molecule has 1 heterocycles. The quantitative estimate of drug-likeness (QED) is 0.693. The van der Waals surface area contributed by atoms with Gasteiger partial charge in [-0.25, -0.2) is 0 Å². The molecule has 1 atom stereocenters. The highest BCUT2D eigenvalue weighted by Gasteiger charge is 2.38. The van der Waals surface area contributed by atoms with Crippen LogP contribution < -0.4 is 5.73 Å². The van der Waals surface area contributed by atoms with Gasteiger partial charge < -0.3 is 10.3 Å². The predicted molar refractivity (Wildman–Crippen MR) is 61.5 cm³/mol. The largest absolute Gasteiger partial charge is 0.416 e. The number of hydrogen-bond acceptors (Lipinski definition) is 4. The van der Waals surface area contributed by atoms with Gasteiger partial charge in [-0.05, 0) is 23.2 Å². The van der Waals surface area contributed by atoms with E-state index in [1.54, 1.807) is 0 Å². The van der Waals surface area contributed by atoms with Crippen LogP contribution in [-0.4, -0.2) is 10.1 Å². The summed E-state index contributed by atoms with van der Waals surface area (Å²) in [4.78, 5) is 3.23. The zero-order valence-electron chi connectivity index (χ0n) is 10.0. The van der Waals surface area contributed by atoms with E-state index in [4.69, 9.17) is 5.73 Å². The summed E-state index contributed by atoms with van der Waals surface area (Å²) < 4.78 is 68.3. The third-order valence-electron chi connectivity index (χ3n) is 2.56. The first-order valence-electron chi connectivity index (χ1n) is 5.43. The van der Waals surface area contributed by atoms with Crippen molar-refractivity contribution in [2.45, 2.75) is 17.6 Å². The fraction of sp³-hybridized carbons (Fsp3) is 0.273. The molecule has 2 N–H and O–H groups in total. The zero-order valence-corrected chi connectivity index (χ0v) is 10.8. The molecule has 0 fully saturated rings. The minimum atomic E-state index is -4.66. The molecule has 0 aliphatic carbocycles. The average molecular weight is 328 g/mol. The van der Waals surface area contributed by atoms with Gasteiger partial charge in [0, 0.05) is 0 Å². The summed E-state index contributed by atoms with van der Waals surface area (Å²) in [6, 6.07) is 2.92. The lowest BCUT2D eigenvalue weighted by atomic mass is 10.00. The molecule has 1 aromatic carbocycles. The first kappa shape index (κ1) is 15.6. The molecule has 0 bridgehead atoms. The number of alkyl halides is 6. The fourth-order valence-electron chi connectivity index (χ4n) is 1.64. The van der Waals surface area contributed by atoms with E-state index < -0.39 is 34.9 Å². The molecule has 0 spiro atoms. The van der Waals surface area contributed by atoms with Crippen molar-refractivity contribution in [3.05, 3.63) is 47.1 Å². The third-order valence-corrected chi connectivity index (χ3v) is 2.73. The van der Waals surface area contributed by atoms with E-state index in [9.17, 15) is 22.0 Å². The number of aromatic nitrogens is 2. The molecule has 0 saturated carbocycles. The molecule has 0 amide bonds. The van der Waals surface area contributed by atoms with Crippen molar-refractivity contribution in [3.63, 3.8) is 0 Å². The fourth-order valence-corrected chi connectivity index (χ4v) is 1.72. The summed E-state index contributed by atoms with van der Waals surface area (Å²) >= 11 is 4.68. The highest BCUT2D eigenvalue weighted by Crippen LogP contribution is 2.36. The van der Waals surface area contributed by atoms with Crippen LogP contribution in [-0.2, 0) is 11.6 Å². The average Bonchev–Trinajstić information content (AvgIpc) is 2.86. The van der Waals surface area contributed by atoms with Gasteiger partial charge in [0.05, 0.1) is 11.6 Å². The molecular weight excluding hydrogens is 321 g/mol. The third kappa shape index (κ3) is 3.30. The van der Waals surface area contributed by atoms with Crippen LogP contribution in [0.1, 0.15) is 28.9 Å². The van der Waals surface area contributed by atoms with Crippen LogP contribution in [0.25, 0.3) is 0 Å². The molecule has 2 aromatic rings. The first-order chi connectivity index (χ1) is 9.60. The van der Waals surface area contributed by atoms with E-state index in [0.717, 1.165) is 12.1 Å². The van der Waals surface area contributed by atoms with Crippen LogP contribution in [0.5, 0.6) is 0 Å². The highest BCUT2D eigenvalue weighted by atomic mass is 35.5. The monoisotopic (exact) mass is 327 g/mol. The molecule has 0 radical (unpaired) electrons. The number of halogens is 6. The van der Waals surface area contributed by atoms with Crippen molar-refractivity contribution in [1.82, 2.24) is 10.1 Å². The minimum Gasteiger partial charge on any atom is -0.331 e. The molecule has 0 saturated heterocycles. The summed E-state index contributed by atoms with van der Waals surface area (Å²) in [7, 11) is 0. The van der Waals surface area contributed by atoms with Gasteiger partial charge in [0.2, 0.25) is 0 Å². The van der Waals surface area contributed by atoms with Crippen molar-refractivity contribution in [2.75, 3.05) is 0 Å². The molecule has 0 aliphatic heterocycles. The van der Waals surface area contributed by atoms with Crippen molar-refractivity contribution in [2.24, 2.45) is 5.73 Å². The predicted octanol–water partition coefficient (Wildman–Crippen LogP) is 3.42. The molecule has 1 aromatic heterocycles. The lowest BCUT2D eigenvalue weighted by molar-refractivity contribution is -0.138. The van der Waals surface area contributed by atoms with Crippen LogP contribution in [0.3, 0.4) is 0 Å². The highest BCUT2D eigenvalue weighted by molar-refractivity contribution is 6.21. The van der Waals surface area contributed by atoms with Crippen LogP contribution in [0.15, 0.2) is 28.8 Å².